The molecule has 23 heavy (non-hydrogen) atoms. The van der Waals surface area contributed by atoms with Crippen LogP contribution in [-0.4, -0.2) is 42.0 Å². The summed E-state index contributed by atoms with van der Waals surface area (Å²) in [5, 5.41) is 6.83. The molecule has 4 atom stereocenters. The van der Waals surface area contributed by atoms with Crippen molar-refractivity contribution in [2.45, 2.75) is 109 Å². The van der Waals surface area contributed by atoms with Gasteiger partial charge < -0.3 is 20.1 Å². The van der Waals surface area contributed by atoms with Crippen LogP contribution in [0.4, 0.5) is 4.79 Å². The second kappa shape index (κ2) is 7.84. The molecule has 0 aromatic rings. The molecule has 4 unspecified atom stereocenters. The minimum absolute atomic E-state index is 0.214. The molecular weight excluding hydrogens is 292 g/mol. The minimum atomic E-state index is -0.440. The fraction of sp³-hybridized carbons (Fsp3) is 0.944. The number of carbonyl (C=O) groups is 1. The highest BCUT2D eigenvalue weighted by molar-refractivity contribution is 5.68. The number of ether oxygens (including phenoxy) is 2. The summed E-state index contributed by atoms with van der Waals surface area (Å²) in [6, 6.07) is 1.22. The predicted octanol–water partition coefficient (Wildman–Crippen LogP) is 3.37. The molecule has 2 N–H and O–H groups in total. The van der Waals surface area contributed by atoms with Gasteiger partial charge in [-0.05, 0) is 73.1 Å². The van der Waals surface area contributed by atoms with Crippen molar-refractivity contribution in [2.24, 2.45) is 0 Å². The Balaban J connectivity index is 1.78. The normalized spacial score (nSPS) is 35.6. The molecule has 1 heterocycles. The van der Waals surface area contributed by atoms with Gasteiger partial charge in [-0.1, -0.05) is 0 Å². The molecule has 0 spiro atoms. The molecule has 2 rings (SSSR count). The first-order valence-electron chi connectivity index (χ1n) is 9.12. The lowest BCUT2D eigenvalue weighted by Gasteiger charge is -2.38. The van der Waals surface area contributed by atoms with E-state index in [1.54, 1.807) is 0 Å². The Morgan fingerprint density at radius 2 is 1.61 bits per heavy atom. The molecule has 0 bridgehead atoms. The number of alkyl carbamates (subject to hydrolysis) is 1. The summed E-state index contributed by atoms with van der Waals surface area (Å²) in [5.41, 5.74) is -0.440. The van der Waals surface area contributed by atoms with Crippen LogP contribution in [0.2, 0.25) is 0 Å². The predicted molar refractivity (Wildman–Crippen MR) is 91.6 cm³/mol. The lowest BCUT2D eigenvalue weighted by Crippen LogP contribution is -2.50. The average molecular weight is 326 g/mol. The van der Waals surface area contributed by atoms with Gasteiger partial charge in [0.15, 0.2) is 0 Å². The lowest BCUT2D eigenvalue weighted by molar-refractivity contribution is -0.0442. The van der Waals surface area contributed by atoms with E-state index < -0.39 is 5.60 Å². The summed E-state index contributed by atoms with van der Waals surface area (Å²) < 4.78 is 11.2. The maximum Gasteiger partial charge on any atom is 0.407 e. The molecule has 2 aliphatic rings. The summed E-state index contributed by atoms with van der Waals surface area (Å²) in [6.07, 6.45) is 6.87. The Kier molecular flexibility index (Phi) is 6.32. The number of carbonyl (C=O) groups excluding carboxylic acids is 1. The SMILES string of the molecule is CC1CC(NC2CCCC(NC(=O)OC(C)(C)C)C2)CC(C)O1. The van der Waals surface area contributed by atoms with Crippen molar-refractivity contribution >= 4 is 6.09 Å². The highest BCUT2D eigenvalue weighted by Gasteiger charge is 2.30. The van der Waals surface area contributed by atoms with Crippen LogP contribution in [0.25, 0.3) is 0 Å². The van der Waals surface area contributed by atoms with Crippen LogP contribution in [0, 0.1) is 0 Å². The molecule has 134 valence electrons. The van der Waals surface area contributed by atoms with E-state index in [0.717, 1.165) is 32.1 Å². The van der Waals surface area contributed by atoms with Gasteiger partial charge in [-0.2, -0.15) is 0 Å². The first kappa shape index (κ1) is 18.5. The van der Waals surface area contributed by atoms with Gasteiger partial charge in [0.1, 0.15) is 5.60 Å². The van der Waals surface area contributed by atoms with Gasteiger partial charge in [-0.3, -0.25) is 0 Å². The molecule has 2 fully saturated rings. The summed E-state index contributed by atoms with van der Waals surface area (Å²) in [7, 11) is 0. The Labute approximate surface area is 140 Å². The van der Waals surface area contributed by atoms with Gasteiger partial charge in [-0.25, -0.2) is 4.79 Å². The molecule has 5 heteroatoms. The van der Waals surface area contributed by atoms with E-state index in [1.807, 2.05) is 20.8 Å². The fourth-order valence-corrected chi connectivity index (χ4v) is 3.82. The zero-order valence-corrected chi connectivity index (χ0v) is 15.4. The van der Waals surface area contributed by atoms with Crippen LogP contribution in [0.1, 0.15) is 73.1 Å². The molecule has 1 amide bonds. The van der Waals surface area contributed by atoms with Crippen LogP contribution in [0.3, 0.4) is 0 Å². The first-order valence-corrected chi connectivity index (χ1v) is 9.12. The van der Waals surface area contributed by atoms with Crippen molar-refractivity contribution in [3.05, 3.63) is 0 Å². The van der Waals surface area contributed by atoms with Crippen molar-refractivity contribution < 1.29 is 14.3 Å². The number of hydrogen-bond acceptors (Lipinski definition) is 4. The Bertz CT molecular complexity index is 384. The number of nitrogens with one attached hydrogen (secondary N) is 2. The Morgan fingerprint density at radius 1 is 1.00 bits per heavy atom. The van der Waals surface area contributed by atoms with Gasteiger partial charge in [0, 0.05) is 18.1 Å². The number of amides is 1. The standard InChI is InChI=1S/C18H34N2O3/c1-12-9-16(10-13(2)22-12)19-14-7-6-8-15(11-14)20-17(21)23-18(3,4)5/h12-16,19H,6-11H2,1-5H3,(H,20,21). The Morgan fingerprint density at radius 3 is 2.22 bits per heavy atom. The molecule has 1 aliphatic carbocycles. The second-order valence-corrected chi connectivity index (χ2v) is 8.30. The summed E-state index contributed by atoms with van der Waals surface area (Å²) in [6.45, 7) is 9.98. The summed E-state index contributed by atoms with van der Waals surface area (Å²) in [4.78, 5) is 11.9. The molecule has 0 aromatic carbocycles. The van der Waals surface area contributed by atoms with Crippen LogP contribution in [0.5, 0.6) is 0 Å². The van der Waals surface area contributed by atoms with Crippen LogP contribution in [-0.2, 0) is 9.47 Å². The van der Waals surface area contributed by atoms with E-state index in [4.69, 9.17) is 9.47 Å². The summed E-state index contributed by atoms with van der Waals surface area (Å²) in [5.74, 6) is 0. The number of rotatable bonds is 3. The minimum Gasteiger partial charge on any atom is -0.444 e. The molecule has 5 nitrogen and oxygen atoms in total. The molecule has 1 aliphatic heterocycles. The smallest absolute Gasteiger partial charge is 0.407 e. The average Bonchev–Trinajstić information content (AvgIpc) is 2.35. The third kappa shape index (κ3) is 6.68. The Hall–Kier alpha value is -0.810. The van der Waals surface area contributed by atoms with Gasteiger partial charge in [-0.15, -0.1) is 0 Å². The van der Waals surface area contributed by atoms with Gasteiger partial charge in [0.05, 0.1) is 12.2 Å². The van der Waals surface area contributed by atoms with E-state index in [1.165, 1.54) is 6.42 Å². The first-order chi connectivity index (χ1) is 10.7. The van der Waals surface area contributed by atoms with Crippen LogP contribution < -0.4 is 10.6 Å². The monoisotopic (exact) mass is 326 g/mol. The van der Waals surface area contributed by atoms with Crippen LogP contribution in [0.15, 0.2) is 0 Å². The maximum atomic E-state index is 11.9. The molecule has 1 saturated heterocycles. The van der Waals surface area contributed by atoms with Crippen molar-refractivity contribution in [3.8, 4) is 0 Å². The van der Waals surface area contributed by atoms with Gasteiger partial charge >= 0.3 is 6.09 Å². The highest BCUT2D eigenvalue weighted by Crippen LogP contribution is 2.24. The van der Waals surface area contributed by atoms with E-state index >= 15 is 0 Å². The topological polar surface area (TPSA) is 59.6 Å². The maximum absolute atomic E-state index is 11.9. The number of hydrogen-bond donors (Lipinski definition) is 2. The van der Waals surface area contributed by atoms with Crippen molar-refractivity contribution in [1.82, 2.24) is 10.6 Å². The summed E-state index contributed by atoms with van der Waals surface area (Å²) >= 11 is 0. The lowest BCUT2D eigenvalue weighted by atomic mass is 9.89. The molecule has 0 radical (unpaired) electrons. The largest absolute Gasteiger partial charge is 0.444 e. The van der Waals surface area contributed by atoms with Gasteiger partial charge in [0.25, 0.3) is 0 Å². The zero-order valence-electron chi connectivity index (χ0n) is 15.4. The quantitative estimate of drug-likeness (QED) is 0.835. The molecule has 1 saturated carbocycles. The van der Waals surface area contributed by atoms with Crippen molar-refractivity contribution in [3.63, 3.8) is 0 Å². The fourth-order valence-electron chi connectivity index (χ4n) is 3.82. The third-order valence-corrected chi connectivity index (χ3v) is 4.56. The molecule has 0 aromatic heterocycles. The van der Waals surface area contributed by atoms with E-state index in [9.17, 15) is 4.79 Å². The molecular formula is C18H34N2O3. The van der Waals surface area contributed by atoms with Crippen molar-refractivity contribution in [1.29, 1.82) is 0 Å². The van der Waals surface area contributed by atoms with Gasteiger partial charge in [0.2, 0.25) is 0 Å². The zero-order chi connectivity index (χ0) is 17.0. The van der Waals surface area contributed by atoms with E-state index in [0.29, 0.717) is 24.3 Å². The van der Waals surface area contributed by atoms with Crippen LogP contribution >= 0.6 is 0 Å². The van der Waals surface area contributed by atoms with E-state index in [2.05, 4.69) is 24.5 Å². The van der Waals surface area contributed by atoms with Crippen molar-refractivity contribution in [2.75, 3.05) is 0 Å². The third-order valence-electron chi connectivity index (χ3n) is 4.56. The van der Waals surface area contributed by atoms with E-state index in [-0.39, 0.29) is 12.1 Å². The second-order valence-electron chi connectivity index (χ2n) is 8.30. The highest BCUT2D eigenvalue weighted by atomic mass is 16.6.